The van der Waals surface area contributed by atoms with E-state index < -0.39 is 23.3 Å². The standard InChI is InChI=1S/2C17H18F2N.2C5H5.Ti/c2*1-10(2)6-14-7-11(3)20(13(14)5)17-9-15(18)8-16(19)12(17)4;2*1-2-4-5-3-1;/h2*6-7,9H,1-5H3;2*1-5H;/q4*-1;+4. The average molecular weight is 727 g/mol. The van der Waals surface area contributed by atoms with Crippen molar-refractivity contribution >= 4 is 12.2 Å². The third kappa shape index (κ3) is 11.8. The maximum Gasteiger partial charge on any atom is 4.00 e. The number of allylic oxidation sites excluding steroid dienone is 2. The second kappa shape index (κ2) is 19.9. The number of nitrogens with zero attached hydrogens (tertiary/aromatic N) is 2. The van der Waals surface area contributed by atoms with E-state index in [1.54, 1.807) is 13.8 Å². The summed E-state index contributed by atoms with van der Waals surface area (Å²) in [6, 6.07) is 30.8. The van der Waals surface area contributed by atoms with Gasteiger partial charge in [0.2, 0.25) is 0 Å². The van der Waals surface area contributed by atoms with Crippen molar-refractivity contribution in [3.63, 3.8) is 0 Å². The van der Waals surface area contributed by atoms with E-state index in [9.17, 15) is 17.6 Å². The minimum absolute atomic E-state index is 0. The Morgan fingerprint density at radius 1 is 0.549 bits per heavy atom. The molecule has 0 atom stereocenters. The van der Waals surface area contributed by atoms with Crippen LogP contribution in [0.15, 0.2) is 96.1 Å². The molecule has 0 fully saturated rings. The number of aromatic nitrogens is 2. The van der Waals surface area contributed by atoms with Crippen LogP contribution in [0.25, 0.3) is 23.5 Å². The third-order valence-electron chi connectivity index (χ3n) is 7.83. The van der Waals surface area contributed by atoms with Gasteiger partial charge in [-0.1, -0.05) is 48.5 Å². The van der Waals surface area contributed by atoms with Crippen LogP contribution >= 0.6 is 0 Å². The maximum absolute atomic E-state index is 13.7. The molecule has 7 heteroatoms. The fourth-order valence-corrected chi connectivity index (χ4v) is 5.49. The minimum atomic E-state index is -0.681. The Hall–Kier alpha value is -4.39. The van der Waals surface area contributed by atoms with Gasteiger partial charge in [0.25, 0.3) is 0 Å². The van der Waals surface area contributed by atoms with Crippen molar-refractivity contribution in [2.24, 2.45) is 0 Å². The molecule has 6 aromatic rings. The smallest absolute Gasteiger partial charge is 0.341 e. The second-order valence-electron chi connectivity index (χ2n) is 12.6. The van der Waals surface area contributed by atoms with E-state index in [-0.39, 0.29) is 21.7 Å². The first kappa shape index (κ1) is 42.8. The van der Waals surface area contributed by atoms with Crippen LogP contribution in [0, 0.1) is 76.9 Å². The van der Waals surface area contributed by atoms with Crippen molar-refractivity contribution in [3.05, 3.63) is 177 Å². The molecule has 2 aromatic heterocycles. The molecule has 0 aliphatic carbocycles. The molecule has 0 bridgehead atoms. The van der Waals surface area contributed by atoms with Gasteiger partial charge < -0.3 is 9.13 Å². The van der Waals surface area contributed by atoms with E-state index >= 15 is 0 Å². The van der Waals surface area contributed by atoms with Gasteiger partial charge in [-0.15, -0.1) is 35.4 Å². The molecule has 0 spiro atoms. The predicted octanol–water partition coefficient (Wildman–Crippen LogP) is 12.6. The van der Waals surface area contributed by atoms with Crippen LogP contribution in [-0.2, 0) is 21.7 Å². The maximum atomic E-state index is 13.7. The quantitative estimate of drug-likeness (QED) is 0.0973. The van der Waals surface area contributed by atoms with Gasteiger partial charge in [-0.05, 0) is 78.6 Å². The number of aryl methyl sites for hydroxylation is 2. The van der Waals surface area contributed by atoms with Crippen LogP contribution < -0.4 is 0 Å². The summed E-state index contributed by atoms with van der Waals surface area (Å²) in [7, 11) is 0. The van der Waals surface area contributed by atoms with E-state index in [0.717, 1.165) is 33.9 Å². The Bertz CT molecular complexity index is 1850. The molecule has 0 radical (unpaired) electrons. The molecule has 0 saturated heterocycles. The van der Waals surface area contributed by atoms with Gasteiger partial charge in [-0.2, -0.15) is 36.4 Å². The van der Waals surface area contributed by atoms with Gasteiger partial charge in [0, 0.05) is 46.0 Å². The van der Waals surface area contributed by atoms with Crippen molar-refractivity contribution in [1.29, 1.82) is 0 Å². The van der Waals surface area contributed by atoms with E-state index in [2.05, 4.69) is 24.3 Å². The zero-order chi connectivity index (χ0) is 37.1. The Morgan fingerprint density at radius 3 is 1.12 bits per heavy atom. The van der Waals surface area contributed by atoms with Crippen molar-refractivity contribution in [2.75, 3.05) is 0 Å². The van der Waals surface area contributed by atoms with Crippen molar-refractivity contribution in [1.82, 2.24) is 9.13 Å². The molecule has 0 unspecified atom stereocenters. The van der Waals surface area contributed by atoms with Gasteiger partial charge >= 0.3 is 21.7 Å². The summed E-state index contributed by atoms with van der Waals surface area (Å²) in [6.45, 7) is 19.1. The molecule has 2 nitrogen and oxygen atoms in total. The number of hydrogen-bond donors (Lipinski definition) is 0. The zero-order valence-corrected chi connectivity index (χ0v) is 32.7. The fourth-order valence-electron chi connectivity index (χ4n) is 5.49. The Kier molecular flexibility index (Phi) is 16.7. The van der Waals surface area contributed by atoms with Crippen LogP contribution in [-0.4, -0.2) is 9.13 Å². The van der Waals surface area contributed by atoms with Crippen LogP contribution in [0.1, 0.15) is 72.7 Å². The molecule has 0 saturated carbocycles. The molecular formula is C44H46F4N2Ti. The molecule has 0 amide bonds. The first-order valence-electron chi connectivity index (χ1n) is 16.4. The normalized spacial score (nSPS) is 10.0. The summed E-state index contributed by atoms with van der Waals surface area (Å²) in [6.07, 6.45) is 4.13. The van der Waals surface area contributed by atoms with Crippen LogP contribution in [0.2, 0.25) is 0 Å². The molecule has 0 N–H and O–H groups in total. The van der Waals surface area contributed by atoms with Crippen molar-refractivity contribution in [2.45, 2.75) is 69.2 Å². The summed E-state index contributed by atoms with van der Waals surface area (Å²) in [5.74, 6) is -2.65. The first-order chi connectivity index (χ1) is 23.6. The number of halogens is 4. The second-order valence-corrected chi connectivity index (χ2v) is 12.6. The van der Waals surface area contributed by atoms with E-state index in [0.29, 0.717) is 22.5 Å². The van der Waals surface area contributed by atoms with Gasteiger partial charge in [-0.25, -0.2) is 41.8 Å². The molecule has 264 valence electrons. The van der Waals surface area contributed by atoms with Crippen molar-refractivity contribution in [3.8, 4) is 11.4 Å². The number of hydrogen-bond acceptors (Lipinski definition) is 0. The van der Waals surface area contributed by atoms with Gasteiger partial charge in [0.1, 0.15) is 0 Å². The van der Waals surface area contributed by atoms with Gasteiger partial charge in [-0.3, -0.25) is 0 Å². The van der Waals surface area contributed by atoms with E-state index in [4.69, 9.17) is 0 Å². The summed E-state index contributed by atoms with van der Waals surface area (Å²) in [5.41, 5.74) is 10.2. The summed E-state index contributed by atoms with van der Waals surface area (Å²) in [4.78, 5) is 0. The molecule has 6 rings (SSSR count). The topological polar surface area (TPSA) is 9.86 Å². The van der Waals surface area contributed by atoms with E-state index in [1.807, 2.05) is 137 Å². The Labute approximate surface area is 316 Å². The molecule has 4 aromatic carbocycles. The van der Waals surface area contributed by atoms with E-state index in [1.165, 1.54) is 23.3 Å². The summed E-state index contributed by atoms with van der Waals surface area (Å²) >= 11 is 0. The first-order valence-corrected chi connectivity index (χ1v) is 16.4. The van der Waals surface area contributed by atoms with Crippen molar-refractivity contribution < 1.29 is 39.3 Å². The molecule has 0 aliphatic rings. The fraction of sp³-hybridized carbons (Fsp3) is 0.227. The zero-order valence-electron chi connectivity index (χ0n) is 31.1. The van der Waals surface area contributed by atoms with Gasteiger partial charge in [0.05, 0.1) is 0 Å². The predicted molar refractivity (Wildman–Crippen MR) is 200 cm³/mol. The number of benzene rings is 2. The Balaban J connectivity index is 0.000000273. The molecule has 51 heavy (non-hydrogen) atoms. The van der Waals surface area contributed by atoms with Crippen LogP contribution in [0.5, 0.6) is 0 Å². The summed E-state index contributed by atoms with van der Waals surface area (Å²) in [5, 5.41) is 0. The molecule has 2 heterocycles. The van der Waals surface area contributed by atoms with Gasteiger partial charge in [0.15, 0.2) is 0 Å². The largest absolute Gasteiger partial charge is 4.00 e. The number of rotatable bonds is 4. The average Bonchev–Trinajstić information content (AvgIpc) is 3.86. The molecular weight excluding hydrogens is 680 g/mol. The minimum Gasteiger partial charge on any atom is -0.341 e. The molecule has 0 aliphatic heterocycles. The third-order valence-corrected chi connectivity index (χ3v) is 7.83. The Morgan fingerprint density at radius 2 is 0.863 bits per heavy atom. The monoisotopic (exact) mass is 726 g/mol. The SMILES string of the molecule is CC(C)=Cc1cc(C)n(-c2cc(F)[c-]c(F)c2C)c1C.CC(C)=Cc1cc(C)n(-c2cc(F)[c-]c(F)c2C)c1C.[Ti+4].c1cc[cH-]c1.c1cc[cH-]c1. The van der Waals surface area contributed by atoms with Crippen LogP contribution in [0.3, 0.4) is 0 Å². The summed E-state index contributed by atoms with van der Waals surface area (Å²) < 4.78 is 58.0. The van der Waals surface area contributed by atoms with Crippen LogP contribution in [0.4, 0.5) is 17.6 Å².